The Morgan fingerprint density at radius 1 is 1.56 bits per heavy atom. The number of methoxy groups -OCH3 is 1. The molecule has 0 radical (unpaired) electrons. The second-order valence-electron chi connectivity index (χ2n) is 4.33. The Hall–Kier alpha value is -1.46. The molecule has 1 heterocycles. The molecular weight excluding hydrogens is 230 g/mol. The third-order valence-electron chi connectivity index (χ3n) is 2.69. The lowest BCUT2D eigenvalue weighted by Gasteiger charge is -2.26. The van der Waals surface area contributed by atoms with E-state index in [9.17, 15) is 4.79 Å². The van der Waals surface area contributed by atoms with Crippen molar-refractivity contribution >= 4 is 5.91 Å². The molecule has 0 unspecified atom stereocenters. The number of nitrogens with zero attached hydrogens (tertiary/aromatic N) is 2. The Morgan fingerprint density at radius 2 is 2.28 bits per heavy atom. The van der Waals surface area contributed by atoms with E-state index in [1.807, 2.05) is 13.8 Å². The molecule has 5 nitrogen and oxygen atoms in total. The van der Waals surface area contributed by atoms with Gasteiger partial charge in [-0.25, -0.2) is 0 Å². The molecule has 100 valence electrons. The number of nitrogens with two attached hydrogens (primary N) is 1. The normalized spacial score (nSPS) is 10.7. The van der Waals surface area contributed by atoms with Crippen molar-refractivity contribution in [1.82, 2.24) is 9.88 Å². The monoisotopic (exact) mass is 251 g/mol. The second-order valence-corrected chi connectivity index (χ2v) is 4.33. The van der Waals surface area contributed by atoms with Gasteiger partial charge in [-0.05, 0) is 26.0 Å². The molecule has 0 saturated carbocycles. The van der Waals surface area contributed by atoms with E-state index in [-0.39, 0.29) is 11.9 Å². The highest BCUT2D eigenvalue weighted by Crippen LogP contribution is 2.09. The van der Waals surface area contributed by atoms with Gasteiger partial charge in [-0.3, -0.25) is 9.78 Å². The van der Waals surface area contributed by atoms with Gasteiger partial charge in [0, 0.05) is 38.0 Å². The minimum Gasteiger partial charge on any atom is -0.383 e. The van der Waals surface area contributed by atoms with Crippen LogP contribution in [-0.4, -0.2) is 42.1 Å². The van der Waals surface area contributed by atoms with Crippen LogP contribution in [0.5, 0.6) is 0 Å². The van der Waals surface area contributed by atoms with Crippen LogP contribution in [0.15, 0.2) is 18.3 Å². The third-order valence-corrected chi connectivity index (χ3v) is 2.69. The lowest BCUT2D eigenvalue weighted by atomic mass is 10.1. The quantitative estimate of drug-likeness (QED) is 0.820. The molecule has 0 aromatic carbocycles. The summed E-state index contributed by atoms with van der Waals surface area (Å²) in [4.78, 5) is 18.2. The first-order valence-corrected chi connectivity index (χ1v) is 6.05. The molecule has 0 aliphatic rings. The van der Waals surface area contributed by atoms with E-state index in [1.54, 1.807) is 30.3 Å². The molecular formula is C13H21N3O2. The summed E-state index contributed by atoms with van der Waals surface area (Å²) in [6.45, 7) is 5.41. The molecule has 1 aromatic rings. The van der Waals surface area contributed by atoms with Crippen molar-refractivity contribution in [3.05, 3.63) is 29.6 Å². The molecule has 0 saturated heterocycles. The lowest BCUT2D eigenvalue weighted by Crippen LogP contribution is -2.39. The molecule has 0 spiro atoms. The van der Waals surface area contributed by atoms with Crippen LogP contribution >= 0.6 is 0 Å². The van der Waals surface area contributed by atoms with Gasteiger partial charge in [0.25, 0.3) is 5.91 Å². The highest BCUT2D eigenvalue weighted by molar-refractivity contribution is 5.94. The smallest absolute Gasteiger partial charge is 0.254 e. The van der Waals surface area contributed by atoms with Gasteiger partial charge in [0.15, 0.2) is 0 Å². The highest BCUT2D eigenvalue weighted by atomic mass is 16.5. The van der Waals surface area contributed by atoms with Crippen LogP contribution in [0.3, 0.4) is 0 Å². The number of carbonyl (C=O) groups is 1. The zero-order valence-electron chi connectivity index (χ0n) is 11.2. The number of amides is 1. The van der Waals surface area contributed by atoms with Crippen molar-refractivity contribution in [3.8, 4) is 0 Å². The van der Waals surface area contributed by atoms with Crippen LogP contribution in [0.1, 0.15) is 29.9 Å². The molecule has 1 amide bonds. The molecule has 1 aromatic heterocycles. The summed E-state index contributed by atoms with van der Waals surface area (Å²) in [6.07, 6.45) is 1.62. The van der Waals surface area contributed by atoms with Crippen LogP contribution in [-0.2, 0) is 11.3 Å². The van der Waals surface area contributed by atoms with E-state index in [0.717, 1.165) is 5.69 Å². The zero-order chi connectivity index (χ0) is 13.5. The maximum Gasteiger partial charge on any atom is 0.254 e. The molecule has 1 rings (SSSR count). The summed E-state index contributed by atoms with van der Waals surface area (Å²) in [5.41, 5.74) is 6.87. The average molecular weight is 251 g/mol. The first kappa shape index (κ1) is 14.6. The maximum absolute atomic E-state index is 12.4. The Balaban J connectivity index is 2.87. The van der Waals surface area contributed by atoms with E-state index in [0.29, 0.717) is 25.3 Å². The Labute approximate surface area is 108 Å². The van der Waals surface area contributed by atoms with E-state index in [1.165, 1.54) is 0 Å². The minimum atomic E-state index is -0.0147. The van der Waals surface area contributed by atoms with Gasteiger partial charge < -0.3 is 15.4 Å². The molecule has 0 aliphatic heterocycles. The van der Waals surface area contributed by atoms with Crippen molar-refractivity contribution in [3.63, 3.8) is 0 Å². The number of carbonyl (C=O) groups excluding carboxylic acids is 1. The number of pyridine rings is 1. The van der Waals surface area contributed by atoms with E-state index >= 15 is 0 Å². The molecule has 0 bridgehead atoms. The minimum absolute atomic E-state index is 0.0147. The van der Waals surface area contributed by atoms with E-state index in [4.69, 9.17) is 10.5 Å². The fourth-order valence-corrected chi connectivity index (χ4v) is 1.67. The zero-order valence-corrected chi connectivity index (χ0v) is 11.2. The largest absolute Gasteiger partial charge is 0.383 e. The van der Waals surface area contributed by atoms with Crippen LogP contribution in [0.25, 0.3) is 0 Å². The van der Waals surface area contributed by atoms with Crippen LogP contribution in [0.2, 0.25) is 0 Å². The maximum atomic E-state index is 12.4. The third kappa shape index (κ3) is 3.78. The summed E-state index contributed by atoms with van der Waals surface area (Å²) in [7, 11) is 1.63. The number of ether oxygens (including phenoxy) is 1. The van der Waals surface area contributed by atoms with Gasteiger partial charge in [0.2, 0.25) is 0 Å². The van der Waals surface area contributed by atoms with Gasteiger partial charge >= 0.3 is 0 Å². The Bertz CT molecular complexity index is 394. The molecule has 0 aliphatic carbocycles. The predicted octanol–water partition coefficient (Wildman–Crippen LogP) is 1.04. The SMILES string of the molecule is COCCN(C(=O)c1ccnc(CN)c1)C(C)C. The Kier molecular flexibility index (Phi) is 5.74. The van der Waals surface area contributed by atoms with Crippen LogP contribution in [0.4, 0.5) is 0 Å². The molecule has 0 fully saturated rings. The van der Waals surface area contributed by atoms with Crippen molar-refractivity contribution in [2.45, 2.75) is 26.4 Å². The second kappa shape index (κ2) is 7.08. The van der Waals surface area contributed by atoms with Crippen molar-refractivity contribution in [1.29, 1.82) is 0 Å². The number of hydrogen-bond acceptors (Lipinski definition) is 4. The summed E-state index contributed by atoms with van der Waals surface area (Å²) in [6, 6.07) is 3.58. The predicted molar refractivity (Wildman–Crippen MR) is 70.2 cm³/mol. The fraction of sp³-hybridized carbons (Fsp3) is 0.538. The van der Waals surface area contributed by atoms with Crippen molar-refractivity contribution in [2.75, 3.05) is 20.3 Å². The van der Waals surface area contributed by atoms with Gasteiger partial charge in [0.1, 0.15) is 0 Å². The molecule has 18 heavy (non-hydrogen) atoms. The number of aromatic nitrogens is 1. The summed E-state index contributed by atoms with van der Waals surface area (Å²) in [5.74, 6) is -0.0147. The lowest BCUT2D eigenvalue weighted by molar-refractivity contribution is 0.0634. The first-order valence-electron chi connectivity index (χ1n) is 6.05. The standard InChI is InChI=1S/C13H21N3O2/c1-10(2)16(6-7-18-3)13(17)11-4-5-15-12(8-11)9-14/h4-5,8,10H,6-7,9,14H2,1-3H3. The van der Waals surface area contributed by atoms with Crippen LogP contribution in [0, 0.1) is 0 Å². The number of rotatable bonds is 6. The summed E-state index contributed by atoms with van der Waals surface area (Å²) < 4.78 is 5.03. The van der Waals surface area contributed by atoms with Crippen LogP contribution < -0.4 is 5.73 Å². The van der Waals surface area contributed by atoms with Gasteiger partial charge in [-0.1, -0.05) is 0 Å². The average Bonchev–Trinajstić information content (AvgIpc) is 2.38. The summed E-state index contributed by atoms with van der Waals surface area (Å²) >= 11 is 0. The van der Waals surface area contributed by atoms with Gasteiger partial charge in [-0.15, -0.1) is 0 Å². The van der Waals surface area contributed by atoms with E-state index in [2.05, 4.69) is 4.98 Å². The summed E-state index contributed by atoms with van der Waals surface area (Å²) in [5, 5.41) is 0. The van der Waals surface area contributed by atoms with Crippen molar-refractivity contribution < 1.29 is 9.53 Å². The van der Waals surface area contributed by atoms with Gasteiger partial charge in [-0.2, -0.15) is 0 Å². The first-order chi connectivity index (χ1) is 8.60. The Morgan fingerprint density at radius 3 is 2.83 bits per heavy atom. The molecule has 5 heteroatoms. The fourth-order valence-electron chi connectivity index (χ4n) is 1.67. The van der Waals surface area contributed by atoms with Crippen molar-refractivity contribution in [2.24, 2.45) is 5.73 Å². The molecule has 2 N–H and O–H groups in total. The molecule has 0 atom stereocenters. The highest BCUT2D eigenvalue weighted by Gasteiger charge is 2.18. The topological polar surface area (TPSA) is 68.5 Å². The number of hydrogen-bond donors (Lipinski definition) is 1. The van der Waals surface area contributed by atoms with Gasteiger partial charge in [0.05, 0.1) is 12.3 Å². The van der Waals surface area contributed by atoms with E-state index < -0.39 is 0 Å².